The molecule has 0 saturated heterocycles. The molecule has 2 aromatic rings. The highest BCUT2D eigenvalue weighted by molar-refractivity contribution is 5.90. The first-order valence-corrected chi connectivity index (χ1v) is 8.37. The number of hydrogen-bond acceptors (Lipinski definition) is 8. The molecule has 10 nitrogen and oxygen atoms in total. The van der Waals surface area contributed by atoms with E-state index in [0.29, 0.717) is 5.75 Å². The summed E-state index contributed by atoms with van der Waals surface area (Å²) in [6, 6.07) is 9.79. The molecule has 0 fully saturated rings. The number of hydrazone groups is 1. The zero-order valence-electron chi connectivity index (χ0n) is 16.0. The minimum Gasteiger partial charge on any atom is -0.488 e. The van der Waals surface area contributed by atoms with Gasteiger partial charge in [-0.15, -0.1) is 0 Å². The van der Waals surface area contributed by atoms with Gasteiger partial charge in [-0.2, -0.15) is 5.10 Å². The average Bonchev–Trinajstić information content (AvgIpc) is 2.67. The van der Waals surface area contributed by atoms with Crippen LogP contribution in [0.15, 0.2) is 41.5 Å². The standard InChI is InChI=1S/C19H19N3O7/c1-12-4-7-15(8-5-12)28-11-17(24)21-20-10-14-6-9-16(29-13(2)23)19(27-3)18(14)22(25)26/h4-10H,11H2,1-3H3,(H,21,24)/b20-10+. The number of hydrogen-bond donors (Lipinski definition) is 1. The van der Waals surface area contributed by atoms with Crippen LogP contribution in [0, 0.1) is 17.0 Å². The predicted octanol–water partition coefficient (Wildman–Crippen LogP) is 2.37. The lowest BCUT2D eigenvalue weighted by Crippen LogP contribution is -2.24. The van der Waals surface area contributed by atoms with E-state index in [0.717, 1.165) is 18.7 Å². The van der Waals surface area contributed by atoms with Crippen molar-refractivity contribution in [3.05, 3.63) is 57.6 Å². The number of nitrogens with zero attached hydrogens (tertiary/aromatic N) is 2. The van der Waals surface area contributed by atoms with Crippen LogP contribution in [0.2, 0.25) is 0 Å². The minimum atomic E-state index is -0.699. The van der Waals surface area contributed by atoms with E-state index in [1.807, 2.05) is 19.1 Å². The molecule has 0 atom stereocenters. The van der Waals surface area contributed by atoms with Crippen LogP contribution in [0.4, 0.5) is 5.69 Å². The number of benzene rings is 2. The van der Waals surface area contributed by atoms with Crippen LogP contribution in [-0.2, 0) is 9.59 Å². The van der Waals surface area contributed by atoms with Gasteiger partial charge in [-0.1, -0.05) is 17.7 Å². The number of aryl methyl sites for hydroxylation is 1. The van der Waals surface area contributed by atoms with Crippen molar-refractivity contribution in [2.24, 2.45) is 5.10 Å². The van der Waals surface area contributed by atoms with E-state index in [4.69, 9.17) is 14.2 Å². The van der Waals surface area contributed by atoms with Crippen LogP contribution in [0.1, 0.15) is 18.1 Å². The largest absolute Gasteiger partial charge is 0.488 e. The molecule has 0 radical (unpaired) electrons. The lowest BCUT2D eigenvalue weighted by atomic mass is 10.1. The van der Waals surface area contributed by atoms with Gasteiger partial charge in [0.1, 0.15) is 5.75 Å². The van der Waals surface area contributed by atoms with Crippen LogP contribution in [0.5, 0.6) is 17.2 Å². The number of esters is 1. The average molecular weight is 401 g/mol. The van der Waals surface area contributed by atoms with E-state index in [1.54, 1.807) is 12.1 Å². The number of carbonyl (C=O) groups excluding carboxylic acids is 2. The molecule has 0 aliphatic heterocycles. The summed E-state index contributed by atoms with van der Waals surface area (Å²) in [5.74, 6) is -1.01. The molecule has 0 heterocycles. The number of nitrogens with one attached hydrogen (secondary N) is 1. The molecule has 0 unspecified atom stereocenters. The molecule has 0 aromatic heterocycles. The fourth-order valence-electron chi connectivity index (χ4n) is 2.28. The highest BCUT2D eigenvalue weighted by Crippen LogP contribution is 2.39. The molecule has 29 heavy (non-hydrogen) atoms. The Morgan fingerprint density at radius 2 is 1.90 bits per heavy atom. The van der Waals surface area contributed by atoms with Gasteiger partial charge in [0.15, 0.2) is 12.4 Å². The Kier molecular flexibility index (Phi) is 7.24. The molecule has 2 rings (SSSR count). The Morgan fingerprint density at radius 1 is 1.21 bits per heavy atom. The first kappa shape index (κ1) is 21.4. The van der Waals surface area contributed by atoms with E-state index in [1.165, 1.54) is 19.2 Å². The first-order chi connectivity index (χ1) is 13.8. The van der Waals surface area contributed by atoms with Crippen molar-refractivity contribution in [1.82, 2.24) is 5.43 Å². The maximum atomic E-state index is 11.8. The van der Waals surface area contributed by atoms with Gasteiger partial charge in [0.25, 0.3) is 5.91 Å². The number of ether oxygens (including phenoxy) is 3. The summed E-state index contributed by atoms with van der Waals surface area (Å²) < 4.78 is 15.2. The summed E-state index contributed by atoms with van der Waals surface area (Å²) >= 11 is 0. The monoisotopic (exact) mass is 401 g/mol. The molecule has 1 amide bonds. The Bertz CT molecular complexity index is 940. The summed E-state index contributed by atoms with van der Waals surface area (Å²) in [4.78, 5) is 33.7. The van der Waals surface area contributed by atoms with Crippen LogP contribution in [-0.4, -0.2) is 36.7 Å². The first-order valence-electron chi connectivity index (χ1n) is 8.37. The van der Waals surface area contributed by atoms with Crippen molar-refractivity contribution in [2.75, 3.05) is 13.7 Å². The maximum absolute atomic E-state index is 11.8. The van der Waals surface area contributed by atoms with E-state index >= 15 is 0 Å². The highest BCUT2D eigenvalue weighted by Gasteiger charge is 2.25. The molecule has 10 heteroatoms. The van der Waals surface area contributed by atoms with E-state index in [2.05, 4.69) is 10.5 Å². The second kappa shape index (κ2) is 9.83. The fraction of sp³-hybridized carbons (Fsp3) is 0.211. The van der Waals surface area contributed by atoms with Gasteiger partial charge in [0.05, 0.1) is 23.8 Å². The second-order valence-corrected chi connectivity index (χ2v) is 5.78. The number of nitro benzene ring substituents is 1. The van der Waals surface area contributed by atoms with E-state index < -0.39 is 22.5 Å². The summed E-state index contributed by atoms with van der Waals surface area (Å²) in [7, 11) is 1.21. The Hall–Kier alpha value is -3.95. The van der Waals surface area contributed by atoms with Gasteiger partial charge in [-0.3, -0.25) is 19.7 Å². The summed E-state index contributed by atoms with van der Waals surface area (Å²) in [5.41, 5.74) is 2.86. The topological polar surface area (TPSA) is 129 Å². The van der Waals surface area contributed by atoms with Crippen LogP contribution in [0.3, 0.4) is 0 Å². The van der Waals surface area contributed by atoms with E-state index in [9.17, 15) is 19.7 Å². The molecular formula is C19H19N3O7. The van der Waals surface area contributed by atoms with Crippen molar-refractivity contribution in [3.63, 3.8) is 0 Å². The molecule has 1 N–H and O–H groups in total. The quantitative estimate of drug-likeness (QED) is 0.236. The molecule has 0 aliphatic rings. The lowest BCUT2D eigenvalue weighted by molar-refractivity contribution is -0.385. The second-order valence-electron chi connectivity index (χ2n) is 5.78. The number of methoxy groups -OCH3 is 1. The number of carbonyl (C=O) groups is 2. The number of rotatable bonds is 8. The van der Waals surface area contributed by atoms with Gasteiger partial charge >= 0.3 is 11.7 Å². The Balaban J connectivity index is 2.08. The molecule has 2 aromatic carbocycles. The summed E-state index contributed by atoms with van der Waals surface area (Å²) in [6.07, 6.45) is 1.09. The smallest absolute Gasteiger partial charge is 0.323 e. The number of nitro groups is 1. The molecule has 0 bridgehead atoms. The van der Waals surface area contributed by atoms with Crippen LogP contribution in [0.25, 0.3) is 0 Å². The molecule has 0 aliphatic carbocycles. The van der Waals surface area contributed by atoms with Crippen LogP contribution >= 0.6 is 0 Å². The molecule has 0 saturated carbocycles. The third-order valence-electron chi connectivity index (χ3n) is 3.55. The Labute approximate surface area is 166 Å². The molecule has 152 valence electrons. The van der Waals surface area contributed by atoms with Gasteiger partial charge in [-0.05, 0) is 31.2 Å². The van der Waals surface area contributed by atoms with Crippen molar-refractivity contribution in [2.45, 2.75) is 13.8 Å². The molecular weight excluding hydrogens is 382 g/mol. The van der Waals surface area contributed by atoms with Gasteiger partial charge in [0.2, 0.25) is 5.75 Å². The summed E-state index contributed by atoms with van der Waals surface area (Å²) in [5, 5.41) is 15.1. The highest BCUT2D eigenvalue weighted by atomic mass is 16.6. The zero-order chi connectivity index (χ0) is 21.4. The number of amides is 1. The van der Waals surface area contributed by atoms with Crippen LogP contribution < -0.4 is 19.6 Å². The van der Waals surface area contributed by atoms with Crippen molar-refractivity contribution < 1.29 is 28.7 Å². The lowest BCUT2D eigenvalue weighted by Gasteiger charge is -2.09. The molecule has 0 spiro atoms. The minimum absolute atomic E-state index is 0.0440. The maximum Gasteiger partial charge on any atom is 0.323 e. The van der Waals surface area contributed by atoms with Crippen molar-refractivity contribution in [1.29, 1.82) is 0 Å². The van der Waals surface area contributed by atoms with Gasteiger partial charge < -0.3 is 14.2 Å². The van der Waals surface area contributed by atoms with Gasteiger partial charge in [-0.25, -0.2) is 5.43 Å². The third kappa shape index (κ3) is 6.03. The summed E-state index contributed by atoms with van der Waals surface area (Å²) in [6.45, 7) is 2.81. The zero-order valence-corrected chi connectivity index (χ0v) is 16.0. The van der Waals surface area contributed by atoms with Gasteiger partial charge in [0, 0.05) is 6.92 Å². The SMILES string of the molecule is COc1c(OC(C)=O)ccc(/C=N/NC(=O)COc2ccc(C)cc2)c1[N+](=O)[O-]. The van der Waals surface area contributed by atoms with Crippen molar-refractivity contribution in [3.8, 4) is 17.2 Å². The predicted molar refractivity (Wildman–Crippen MR) is 103 cm³/mol. The normalized spacial score (nSPS) is 10.4. The Morgan fingerprint density at radius 3 is 2.48 bits per heavy atom. The third-order valence-corrected chi connectivity index (χ3v) is 3.55. The van der Waals surface area contributed by atoms with E-state index in [-0.39, 0.29) is 23.7 Å². The van der Waals surface area contributed by atoms with Crippen molar-refractivity contribution >= 4 is 23.8 Å². The fourth-order valence-corrected chi connectivity index (χ4v) is 2.28.